The smallest absolute Gasteiger partial charge is 0.237 e. The van der Waals surface area contributed by atoms with Crippen LogP contribution in [0.25, 0.3) is 11.4 Å². The van der Waals surface area contributed by atoms with E-state index in [9.17, 15) is 9.59 Å². The van der Waals surface area contributed by atoms with Crippen molar-refractivity contribution in [2.75, 3.05) is 5.32 Å². The van der Waals surface area contributed by atoms with E-state index in [1.807, 2.05) is 24.3 Å². The molecular formula is C19H20N4O3S. The number of hydrogen-bond donors (Lipinski definition) is 1. The van der Waals surface area contributed by atoms with E-state index in [0.29, 0.717) is 28.9 Å². The van der Waals surface area contributed by atoms with E-state index < -0.39 is 5.25 Å². The Balaban J connectivity index is 1.69. The van der Waals surface area contributed by atoms with Gasteiger partial charge in [-0.1, -0.05) is 37.7 Å². The Morgan fingerprint density at radius 2 is 1.93 bits per heavy atom. The monoisotopic (exact) mass is 384 g/mol. The van der Waals surface area contributed by atoms with Crippen molar-refractivity contribution >= 4 is 29.8 Å². The molecule has 1 unspecified atom stereocenters. The second-order valence-corrected chi connectivity index (χ2v) is 7.63. The molecule has 140 valence electrons. The highest BCUT2D eigenvalue weighted by Gasteiger charge is 2.21. The van der Waals surface area contributed by atoms with E-state index in [2.05, 4.69) is 29.4 Å². The average molecular weight is 384 g/mol. The summed E-state index contributed by atoms with van der Waals surface area (Å²) in [7, 11) is 0. The highest BCUT2D eigenvalue weighted by atomic mass is 32.2. The molecule has 0 spiro atoms. The molecule has 1 aromatic carbocycles. The first-order chi connectivity index (χ1) is 13.0. The number of benzene rings is 1. The van der Waals surface area contributed by atoms with E-state index in [-0.39, 0.29) is 5.91 Å². The third kappa shape index (κ3) is 4.28. The van der Waals surface area contributed by atoms with E-state index in [4.69, 9.17) is 4.42 Å². The number of carbonyl (C=O) groups excluding carboxylic acids is 2. The molecule has 0 bridgehead atoms. The summed E-state index contributed by atoms with van der Waals surface area (Å²) in [5, 5.41) is 10.8. The van der Waals surface area contributed by atoms with E-state index in [0.717, 1.165) is 17.4 Å². The fraction of sp³-hybridized carbons (Fsp3) is 0.263. The predicted octanol–water partition coefficient (Wildman–Crippen LogP) is 3.82. The quantitative estimate of drug-likeness (QED) is 0.492. The van der Waals surface area contributed by atoms with E-state index in [1.165, 1.54) is 22.7 Å². The van der Waals surface area contributed by atoms with Gasteiger partial charge in [0.15, 0.2) is 11.0 Å². The molecule has 0 saturated carbocycles. The number of anilines is 1. The third-order valence-corrected chi connectivity index (χ3v) is 5.10. The minimum atomic E-state index is -0.463. The zero-order valence-electron chi connectivity index (χ0n) is 15.2. The lowest BCUT2D eigenvalue weighted by atomic mass is 10.0. The van der Waals surface area contributed by atoms with Crippen LogP contribution in [0.15, 0.2) is 52.4 Å². The SMILES string of the molecule is CC(Sc1nnc(-c2ccoc2)n1C=O)C(=O)Nc1ccc(C(C)C)cc1. The molecule has 0 aliphatic rings. The number of hydrogen-bond acceptors (Lipinski definition) is 6. The lowest BCUT2D eigenvalue weighted by Gasteiger charge is -2.12. The van der Waals surface area contributed by atoms with Gasteiger partial charge in [-0.25, -0.2) is 4.57 Å². The number of aromatic nitrogens is 3. The summed E-state index contributed by atoms with van der Waals surface area (Å²) in [4.78, 5) is 24.0. The van der Waals surface area contributed by atoms with Crippen molar-refractivity contribution in [2.24, 2.45) is 0 Å². The number of thioether (sulfide) groups is 1. The normalized spacial score (nSPS) is 12.1. The van der Waals surface area contributed by atoms with Gasteiger partial charge in [-0.2, -0.15) is 0 Å². The first kappa shape index (κ1) is 18.9. The van der Waals surface area contributed by atoms with Gasteiger partial charge in [0, 0.05) is 5.69 Å². The van der Waals surface area contributed by atoms with Crippen molar-refractivity contribution in [3.63, 3.8) is 0 Å². The molecule has 0 fully saturated rings. The summed E-state index contributed by atoms with van der Waals surface area (Å²) in [5.74, 6) is 0.629. The topological polar surface area (TPSA) is 90.0 Å². The molecule has 1 N–H and O–H groups in total. The molecule has 0 aliphatic carbocycles. The highest BCUT2D eigenvalue weighted by Crippen LogP contribution is 2.26. The van der Waals surface area contributed by atoms with Crippen LogP contribution in [0.4, 0.5) is 5.69 Å². The Bertz CT molecular complexity index is 917. The summed E-state index contributed by atoms with van der Waals surface area (Å²) in [6.45, 7) is 5.99. The van der Waals surface area contributed by atoms with Gasteiger partial charge in [-0.3, -0.25) is 9.59 Å². The summed E-state index contributed by atoms with van der Waals surface area (Å²) >= 11 is 1.16. The Labute approximate surface area is 161 Å². The molecule has 27 heavy (non-hydrogen) atoms. The highest BCUT2D eigenvalue weighted by molar-refractivity contribution is 8.00. The summed E-state index contributed by atoms with van der Waals surface area (Å²) < 4.78 is 6.32. The number of amides is 1. The maximum absolute atomic E-state index is 12.5. The zero-order valence-corrected chi connectivity index (χ0v) is 16.1. The van der Waals surface area contributed by atoms with Crippen LogP contribution < -0.4 is 5.32 Å². The van der Waals surface area contributed by atoms with Crippen LogP contribution in [0, 0.1) is 0 Å². The first-order valence-corrected chi connectivity index (χ1v) is 9.37. The van der Waals surface area contributed by atoms with Crippen molar-refractivity contribution in [1.29, 1.82) is 0 Å². The second-order valence-electron chi connectivity index (χ2n) is 6.32. The van der Waals surface area contributed by atoms with Gasteiger partial charge >= 0.3 is 0 Å². The molecule has 8 heteroatoms. The van der Waals surface area contributed by atoms with Crippen LogP contribution in [-0.2, 0) is 9.59 Å². The minimum Gasteiger partial charge on any atom is -0.472 e. The van der Waals surface area contributed by atoms with E-state index >= 15 is 0 Å². The number of furan rings is 1. The van der Waals surface area contributed by atoms with Crippen LogP contribution in [0.3, 0.4) is 0 Å². The largest absolute Gasteiger partial charge is 0.472 e. The van der Waals surface area contributed by atoms with Gasteiger partial charge in [0.2, 0.25) is 12.3 Å². The Hall–Kier alpha value is -2.87. The van der Waals surface area contributed by atoms with Crippen LogP contribution in [0.5, 0.6) is 0 Å². The predicted molar refractivity (Wildman–Crippen MR) is 104 cm³/mol. The molecule has 3 aromatic rings. The maximum Gasteiger partial charge on any atom is 0.237 e. The Morgan fingerprint density at radius 1 is 1.19 bits per heavy atom. The zero-order chi connectivity index (χ0) is 19.4. The summed E-state index contributed by atoms with van der Waals surface area (Å²) in [5.41, 5.74) is 2.58. The standard InChI is InChI=1S/C19H20N4O3S/c1-12(2)14-4-6-16(7-5-14)20-18(25)13(3)27-19-22-21-17(23(19)11-24)15-8-9-26-10-15/h4-13H,1-3H3,(H,20,25). The van der Waals surface area contributed by atoms with Crippen LogP contribution >= 0.6 is 11.8 Å². The van der Waals surface area contributed by atoms with Crippen molar-refractivity contribution in [3.05, 3.63) is 48.4 Å². The number of carbonyl (C=O) groups is 2. The number of nitrogens with one attached hydrogen (secondary N) is 1. The lowest BCUT2D eigenvalue weighted by molar-refractivity contribution is -0.115. The Morgan fingerprint density at radius 3 is 2.52 bits per heavy atom. The van der Waals surface area contributed by atoms with Gasteiger partial charge < -0.3 is 9.73 Å². The Kier molecular flexibility index (Phi) is 5.75. The molecule has 2 heterocycles. The maximum atomic E-state index is 12.5. The molecule has 1 atom stereocenters. The molecule has 7 nitrogen and oxygen atoms in total. The summed E-state index contributed by atoms with van der Waals surface area (Å²) in [6.07, 6.45) is 3.60. The molecule has 0 radical (unpaired) electrons. The van der Waals surface area contributed by atoms with Crippen molar-refractivity contribution in [3.8, 4) is 11.4 Å². The third-order valence-electron chi connectivity index (χ3n) is 4.05. The van der Waals surface area contributed by atoms with Crippen LogP contribution in [0.1, 0.15) is 32.3 Å². The van der Waals surface area contributed by atoms with Gasteiger partial charge in [0.25, 0.3) is 0 Å². The van der Waals surface area contributed by atoms with Crippen molar-refractivity contribution in [1.82, 2.24) is 14.8 Å². The van der Waals surface area contributed by atoms with Crippen LogP contribution in [-0.4, -0.2) is 32.3 Å². The molecular weight excluding hydrogens is 364 g/mol. The van der Waals surface area contributed by atoms with Crippen molar-refractivity contribution < 1.29 is 14.0 Å². The molecule has 0 aliphatic heterocycles. The van der Waals surface area contributed by atoms with Gasteiger partial charge in [-0.05, 0) is 36.6 Å². The van der Waals surface area contributed by atoms with Gasteiger partial charge in [-0.15, -0.1) is 10.2 Å². The summed E-state index contributed by atoms with van der Waals surface area (Å²) in [6, 6.07) is 9.46. The van der Waals surface area contributed by atoms with Gasteiger partial charge in [0.05, 0.1) is 17.1 Å². The second kappa shape index (κ2) is 8.22. The van der Waals surface area contributed by atoms with Crippen LogP contribution in [0.2, 0.25) is 0 Å². The minimum absolute atomic E-state index is 0.178. The fourth-order valence-electron chi connectivity index (χ4n) is 2.45. The number of nitrogens with zero attached hydrogens (tertiary/aromatic N) is 3. The first-order valence-electron chi connectivity index (χ1n) is 8.50. The average Bonchev–Trinajstić information content (AvgIpc) is 3.31. The number of rotatable bonds is 7. The van der Waals surface area contributed by atoms with E-state index in [1.54, 1.807) is 13.0 Å². The van der Waals surface area contributed by atoms with Gasteiger partial charge in [0.1, 0.15) is 6.26 Å². The molecule has 0 saturated heterocycles. The van der Waals surface area contributed by atoms with Crippen molar-refractivity contribution in [2.45, 2.75) is 37.1 Å². The fourth-order valence-corrected chi connectivity index (χ4v) is 3.26. The molecule has 2 aromatic heterocycles. The lowest BCUT2D eigenvalue weighted by Crippen LogP contribution is -2.23. The molecule has 3 rings (SSSR count). The molecule has 1 amide bonds.